The van der Waals surface area contributed by atoms with Gasteiger partial charge in [0, 0.05) is 6.07 Å². The number of hydrogen-bond donors (Lipinski definition) is 0. The average Bonchev–Trinajstić information content (AvgIpc) is 2.76. The van der Waals surface area contributed by atoms with Crippen LogP contribution in [0.25, 0.3) is 0 Å². The second-order valence-corrected chi connectivity index (χ2v) is 2.79. The molecule has 0 saturated heterocycles. The molecule has 0 unspecified atom stereocenters. The summed E-state index contributed by atoms with van der Waals surface area (Å²) in [5.41, 5.74) is 0.751. The van der Waals surface area contributed by atoms with Crippen molar-refractivity contribution in [2.75, 3.05) is 0 Å². The molecular formula is C7H7ClN4O. The molecule has 5 nitrogen and oxygen atoms in total. The number of alkyl halides is 1. The van der Waals surface area contributed by atoms with Gasteiger partial charge in [-0.3, -0.25) is 0 Å². The maximum absolute atomic E-state index is 5.57. The van der Waals surface area contributed by atoms with Gasteiger partial charge < -0.3 is 4.52 Å². The summed E-state index contributed by atoms with van der Waals surface area (Å²) in [6, 6.07) is 1.78. The van der Waals surface area contributed by atoms with Crippen LogP contribution < -0.4 is 0 Å². The summed E-state index contributed by atoms with van der Waals surface area (Å²) in [5.74, 6) is 1.11. The minimum atomic E-state index is 0.371. The molecule has 2 rings (SSSR count). The summed E-state index contributed by atoms with van der Waals surface area (Å²) in [7, 11) is 0. The smallest absolute Gasteiger partial charge is 0.158 e. The Morgan fingerprint density at radius 2 is 2.46 bits per heavy atom. The highest BCUT2D eigenvalue weighted by atomic mass is 35.5. The van der Waals surface area contributed by atoms with Crippen molar-refractivity contribution < 1.29 is 4.52 Å². The van der Waals surface area contributed by atoms with Gasteiger partial charge in [-0.05, 0) is 0 Å². The van der Waals surface area contributed by atoms with Crippen LogP contribution in [0.5, 0.6) is 0 Å². The number of nitrogens with zero attached hydrogens (tertiary/aromatic N) is 4. The lowest BCUT2D eigenvalue weighted by molar-refractivity contribution is 0.370. The lowest BCUT2D eigenvalue weighted by Gasteiger charge is -1.92. The maximum Gasteiger partial charge on any atom is 0.158 e. The van der Waals surface area contributed by atoms with Gasteiger partial charge in [-0.25, -0.2) is 4.68 Å². The van der Waals surface area contributed by atoms with Crippen molar-refractivity contribution >= 4 is 11.6 Å². The molecule has 0 atom stereocenters. The standard InChI is InChI=1S/C7H7ClN4O/c8-3-6-4-12(11-10-6)5-7-1-2-9-13-7/h1-2,4H,3,5H2. The fourth-order valence-electron chi connectivity index (χ4n) is 0.960. The fraction of sp³-hybridized carbons (Fsp3) is 0.286. The first-order valence-electron chi connectivity index (χ1n) is 3.73. The largest absolute Gasteiger partial charge is 0.359 e. The van der Waals surface area contributed by atoms with Crippen molar-refractivity contribution in [3.8, 4) is 0 Å². The Morgan fingerprint density at radius 3 is 3.08 bits per heavy atom. The highest BCUT2D eigenvalue weighted by Gasteiger charge is 2.02. The van der Waals surface area contributed by atoms with E-state index in [-0.39, 0.29) is 0 Å². The van der Waals surface area contributed by atoms with E-state index >= 15 is 0 Å². The Hall–Kier alpha value is -1.36. The molecule has 0 radical (unpaired) electrons. The fourth-order valence-corrected chi connectivity index (χ4v) is 1.08. The SMILES string of the molecule is ClCc1cn(Cc2ccno2)nn1. The lowest BCUT2D eigenvalue weighted by Crippen LogP contribution is -1.98. The van der Waals surface area contributed by atoms with Gasteiger partial charge in [0.15, 0.2) is 5.76 Å². The van der Waals surface area contributed by atoms with Crippen LogP contribution in [-0.2, 0) is 12.4 Å². The van der Waals surface area contributed by atoms with E-state index in [1.165, 1.54) is 0 Å². The molecule has 2 aromatic heterocycles. The van der Waals surface area contributed by atoms with Crippen LogP contribution in [0.4, 0.5) is 0 Å². The van der Waals surface area contributed by atoms with Crippen LogP contribution in [0.1, 0.15) is 11.5 Å². The molecule has 68 valence electrons. The van der Waals surface area contributed by atoms with Gasteiger partial charge in [0.2, 0.25) is 0 Å². The first-order valence-corrected chi connectivity index (χ1v) is 4.26. The molecule has 0 amide bonds. The highest BCUT2D eigenvalue weighted by molar-refractivity contribution is 6.16. The Labute approximate surface area is 79.3 Å². The molecule has 0 aromatic carbocycles. The van der Waals surface area contributed by atoms with Gasteiger partial charge in [-0.2, -0.15) is 0 Å². The predicted octanol–water partition coefficient (Wildman–Crippen LogP) is 1.05. The van der Waals surface area contributed by atoms with Crippen molar-refractivity contribution in [1.29, 1.82) is 0 Å². The normalized spacial score (nSPS) is 10.5. The average molecular weight is 199 g/mol. The van der Waals surface area contributed by atoms with Crippen LogP contribution >= 0.6 is 11.6 Å². The number of halogens is 1. The van der Waals surface area contributed by atoms with Crippen molar-refractivity contribution in [2.45, 2.75) is 12.4 Å². The summed E-state index contributed by atoms with van der Waals surface area (Å²) in [6.45, 7) is 0.532. The van der Waals surface area contributed by atoms with Crippen molar-refractivity contribution in [3.63, 3.8) is 0 Å². The molecule has 0 saturated carbocycles. The van der Waals surface area contributed by atoms with Crippen LogP contribution in [0.3, 0.4) is 0 Å². The molecule has 13 heavy (non-hydrogen) atoms. The Balaban J connectivity index is 2.10. The van der Waals surface area contributed by atoms with E-state index in [1.54, 1.807) is 23.1 Å². The zero-order valence-corrected chi connectivity index (χ0v) is 7.48. The van der Waals surface area contributed by atoms with E-state index in [2.05, 4.69) is 15.5 Å². The molecule has 0 aliphatic heterocycles. The number of hydrogen-bond acceptors (Lipinski definition) is 4. The summed E-state index contributed by atoms with van der Waals surface area (Å²) in [4.78, 5) is 0. The summed E-state index contributed by atoms with van der Waals surface area (Å²) in [6.07, 6.45) is 3.37. The topological polar surface area (TPSA) is 56.7 Å². The summed E-state index contributed by atoms with van der Waals surface area (Å²) < 4.78 is 6.56. The third-order valence-corrected chi connectivity index (χ3v) is 1.81. The van der Waals surface area contributed by atoms with E-state index in [0.29, 0.717) is 12.4 Å². The maximum atomic E-state index is 5.57. The van der Waals surface area contributed by atoms with E-state index in [9.17, 15) is 0 Å². The molecule has 2 aromatic rings. The Morgan fingerprint density at radius 1 is 1.54 bits per heavy atom. The van der Waals surface area contributed by atoms with E-state index in [0.717, 1.165) is 11.5 Å². The van der Waals surface area contributed by atoms with E-state index in [4.69, 9.17) is 16.1 Å². The van der Waals surface area contributed by atoms with Gasteiger partial charge in [-0.15, -0.1) is 16.7 Å². The highest BCUT2D eigenvalue weighted by Crippen LogP contribution is 2.02. The zero-order valence-electron chi connectivity index (χ0n) is 6.72. The van der Waals surface area contributed by atoms with Crippen LogP contribution in [0.2, 0.25) is 0 Å². The predicted molar refractivity (Wildman–Crippen MR) is 45.2 cm³/mol. The molecular weight excluding hydrogens is 192 g/mol. The monoisotopic (exact) mass is 198 g/mol. The molecule has 0 spiro atoms. The first-order chi connectivity index (χ1) is 6.38. The van der Waals surface area contributed by atoms with Gasteiger partial charge in [0.1, 0.15) is 6.54 Å². The quantitative estimate of drug-likeness (QED) is 0.692. The second kappa shape index (κ2) is 3.57. The number of rotatable bonds is 3. The molecule has 0 aliphatic rings. The molecule has 6 heteroatoms. The van der Waals surface area contributed by atoms with Gasteiger partial charge in [-0.1, -0.05) is 10.4 Å². The van der Waals surface area contributed by atoms with Crippen LogP contribution in [-0.4, -0.2) is 20.2 Å². The third kappa shape index (κ3) is 1.86. The lowest BCUT2D eigenvalue weighted by atomic mass is 10.4. The molecule has 0 fully saturated rings. The number of aromatic nitrogens is 4. The second-order valence-electron chi connectivity index (χ2n) is 2.52. The van der Waals surface area contributed by atoms with E-state index in [1.807, 2.05) is 0 Å². The van der Waals surface area contributed by atoms with Crippen molar-refractivity contribution in [3.05, 3.63) is 29.9 Å². The molecule has 0 bridgehead atoms. The summed E-state index contributed by atoms with van der Waals surface area (Å²) in [5, 5.41) is 11.3. The Bertz CT molecular complexity index is 370. The van der Waals surface area contributed by atoms with Gasteiger partial charge >= 0.3 is 0 Å². The van der Waals surface area contributed by atoms with Crippen molar-refractivity contribution in [1.82, 2.24) is 20.2 Å². The van der Waals surface area contributed by atoms with E-state index < -0.39 is 0 Å². The first kappa shape index (κ1) is 8.25. The van der Waals surface area contributed by atoms with Crippen LogP contribution in [0, 0.1) is 0 Å². The minimum absolute atomic E-state index is 0.371. The molecule has 0 aliphatic carbocycles. The Kier molecular flexibility index (Phi) is 2.27. The minimum Gasteiger partial charge on any atom is -0.359 e. The zero-order chi connectivity index (χ0) is 9.10. The third-order valence-electron chi connectivity index (χ3n) is 1.53. The molecule has 2 heterocycles. The molecule has 0 N–H and O–H groups in total. The van der Waals surface area contributed by atoms with Crippen LogP contribution in [0.15, 0.2) is 23.0 Å². The van der Waals surface area contributed by atoms with Crippen molar-refractivity contribution in [2.24, 2.45) is 0 Å². The summed E-state index contributed by atoms with van der Waals surface area (Å²) >= 11 is 5.57. The van der Waals surface area contributed by atoms with Gasteiger partial charge in [0.25, 0.3) is 0 Å². The van der Waals surface area contributed by atoms with Gasteiger partial charge in [0.05, 0.1) is 24.0 Å².